The van der Waals surface area contributed by atoms with E-state index in [1.54, 1.807) is 0 Å². The molecule has 0 unspecified atom stereocenters. The van der Waals surface area contributed by atoms with Crippen LogP contribution < -0.4 is 0 Å². The molecular formula is C14H21NO5. The molecule has 1 heterocycles. The number of rotatable bonds is 3. The molecule has 0 spiro atoms. The van der Waals surface area contributed by atoms with Crippen molar-refractivity contribution in [2.45, 2.75) is 69.8 Å². The molecule has 2 rings (SSSR count). The number of hydroxylamine groups is 2. The molecule has 112 valence electrons. The van der Waals surface area contributed by atoms with E-state index in [9.17, 15) is 19.5 Å². The topological polar surface area (TPSA) is 83.9 Å². The van der Waals surface area contributed by atoms with Gasteiger partial charge in [-0.05, 0) is 12.8 Å². The molecule has 1 aliphatic heterocycles. The molecule has 0 radical (unpaired) electrons. The van der Waals surface area contributed by atoms with Crippen LogP contribution >= 0.6 is 0 Å². The maximum Gasteiger partial charge on any atom is 0.336 e. The average molecular weight is 283 g/mol. The van der Waals surface area contributed by atoms with Gasteiger partial charge in [-0.15, -0.1) is 5.06 Å². The van der Waals surface area contributed by atoms with Crippen LogP contribution in [-0.4, -0.2) is 33.6 Å². The third-order valence-electron chi connectivity index (χ3n) is 3.96. The van der Waals surface area contributed by atoms with Gasteiger partial charge >= 0.3 is 5.97 Å². The van der Waals surface area contributed by atoms with Gasteiger partial charge in [-0.25, -0.2) is 4.79 Å². The highest BCUT2D eigenvalue weighted by molar-refractivity contribution is 6.01. The number of carbonyl (C=O) groups is 3. The van der Waals surface area contributed by atoms with Gasteiger partial charge in [0.2, 0.25) is 0 Å². The molecule has 0 aromatic heterocycles. The van der Waals surface area contributed by atoms with Crippen molar-refractivity contribution in [2.75, 3.05) is 0 Å². The SMILES string of the molecule is O=C(CC1(O)CCCCCCC1)ON1C(=O)CCC1=O. The van der Waals surface area contributed by atoms with E-state index in [0.29, 0.717) is 17.9 Å². The molecule has 1 aliphatic carbocycles. The summed E-state index contributed by atoms with van der Waals surface area (Å²) in [5, 5.41) is 11.0. The maximum absolute atomic E-state index is 11.8. The molecule has 1 saturated carbocycles. The molecule has 0 bridgehead atoms. The molecular weight excluding hydrogens is 262 g/mol. The summed E-state index contributed by atoms with van der Waals surface area (Å²) >= 11 is 0. The zero-order chi connectivity index (χ0) is 14.6. The van der Waals surface area contributed by atoms with Crippen LogP contribution in [0.3, 0.4) is 0 Å². The van der Waals surface area contributed by atoms with Crippen molar-refractivity contribution in [3.05, 3.63) is 0 Å². The number of amides is 2. The first kappa shape index (κ1) is 15.0. The summed E-state index contributed by atoms with van der Waals surface area (Å²) < 4.78 is 0. The zero-order valence-electron chi connectivity index (χ0n) is 11.6. The van der Waals surface area contributed by atoms with Crippen LogP contribution in [0.5, 0.6) is 0 Å². The highest BCUT2D eigenvalue weighted by atomic mass is 16.7. The standard InChI is InChI=1S/C14H21NO5/c16-11-6-7-12(17)15(11)20-13(18)10-14(19)8-4-2-1-3-5-9-14/h19H,1-10H2. The predicted octanol–water partition coefficient (Wildman–Crippen LogP) is 1.46. The van der Waals surface area contributed by atoms with Crippen molar-refractivity contribution in [3.63, 3.8) is 0 Å². The van der Waals surface area contributed by atoms with E-state index in [0.717, 1.165) is 32.1 Å². The Hall–Kier alpha value is -1.43. The maximum atomic E-state index is 11.8. The second-order valence-electron chi connectivity index (χ2n) is 5.71. The van der Waals surface area contributed by atoms with Gasteiger partial charge < -0.3 is 9.94 Å². The Kier molecular flexibility index (Phi) is 4.75. The number of nitrogens with zero attached hydrogens (tertiary/aromatic N) is 1. The Bertz CT molecular complexity index is 382. The molecule has 0 atom stereocenters. The van der Waals surface area contributed by atoms with Gasteiger partial charge in [-0.1, -0.05) is 32.1 Å². The van der Waals surface area contributed by atoms with Gasteiger partial charge in [0, 0.05) is 12.8 Å². The summed E-state index contributed by atoms with van der Waals surface area (Å²) in [7, 11) is 0. The van der Waals surface area contributed by atoms with Crippen LogP contribution in [0.25, 0.3) is 0 Å². The lowest BCUT2D eigenvalue weighted by Gasteiger charge is -2.29. The fourth-order valence-corrected chi connectivity index (χ4v) is 2.80. The Balaban J connectivity index is 1.89. The number of aliphatic hydroxyl groups is 1. The minimum Gasteiger partial charge on any atom is -0.389 e. The molecule has 0 aromatic carbocycles. The molecule has 1 N–H and O–H groups in total. The Labute approximate surface area is 118 Å². The Morgan fingerprint density at radius 2 is 1.55 bits per heavy atom. The van der Waals surface area contributed by atoms with Gasteiger partial charge in [0.15, 0.2) is 0 Å². The number of hydrogen-bond donors (Lipinski definition) is 1. The van der Waals surface area contributed by atoms with Crippen molar-refractivity contribution in [3.8, 4) is 0 Å². The smallest absolute Gasteiger partial charge is 0.336 e. The van der Waals surface area contributed by atoms with Gasteiger partial charge in [0.25, 0.3) is 11.8 Å². The van der Waals surface area contributed by atoms with Crippen LogP contribution in [0.2, 0.25) is 0 Å². The Morgan fingerprint density at radius 3 is 2.10 bits per heavy atom. The second-order valence-corrected chi connectivity index (χ2v) is 5.71. The van der Waals surface area contributed by atoms with Crippen LogP contribution in [-0.2, 0) is 19.2 Å². The fourth-order valence-electron chi connectivity index (χ4n) is 2.80. The van der Waals surface area contributed by atoms with Gasteiger partial charge in [-0.3, -0.25) is 9.59 Å². The normalized spacial score (nSPS) is 23.4. The van der Waals surface area contributed by atoms with Crippen LogP contribution in [0.15, 0.2) is 0 Å². The van der Waals surface area contributed by atoms with Gasteiger partial charge in [0.05, 0.1) is 12.0 Å². The summed E-state index contributed by atoms with van der Waals surface area (Å²) in [6, 6.07) is 0. The number of carbonyl (C=O) groups excluding carboxylic acids is 3. The summed E-state index contributed by atoms with van der Waals surface area (Å²) in [5.74, 6) is -1.70. The first-order valence-electron chi connectivity index (χ1n) is 7.29. The highest BCUT2D eigenvalue weighted by Crippen LogP contribution is 2.29. The van der Waals surface area contributed by atoms with E-state index in [1.165, 1.54) is 0 Å². The van der Waals surface area contributed by atoms with Crippen LogP contribution in [0, 0.1) is 0 Å². The number of hydrogen-bond acceptors (Lipinski definition) is 5. The average Bonchev–Trinajstić information content (AvgIpc) is 2.66. The third-order valence-corrected chi connectivity index (χ3v) is 3.96. The van der Waals surface area contributed by atoms with Crippen LogP contribution in [0.4, 0.5) is 0 Å². The summed E-state index contributed by atoms with van der Waals surface area (Å²) in [4.78, 5) is 39.4. The van der Waals surface area contributed by atoms with Crippen molar-refractivity contribution in [1.29, 1.82) is 0 Å². The van der Waals surface area contributed by atoms with Gasteiger partial charge in [0.1, 0.15) is 0 Å². The first-order chi connectivity index (χ1) is 9.50. The quantitative estimate of drug-likeness (QED) is 0.793. The van der Waals surface area contributed by atoms with E-state index in [2.05, 4.69) is 0 Å². The summed E-state index contributed by atoms with van der Waals surface area (Å²) in [5.41, 5.74) is -1.07. The molecule has 2 amide bonds. The van der Waals surface area contributed by atoms with Crippen molar-refractivity contribution in [2.24, 2.45) is 0 Å². The number of imide groups is 1. The molecule has 20 heavy (non-hydrogen) atoms. The Morgan fingerprint density at radius 1 is 1.05 bits per heavy atom. The monoisotopic (exact) mass is 283 g/mol. The molecule has 6 nitrogen and oxygen atoms in total. The lowest BCUT2D eigenvalue weighted by atomic mass is 9.85. The van der Waals surface area contributed by atoms with E-state index in [4.69, 9.17) is 4.84 Å². The van der Waals surface area contributed by atoms with Crippen LogP contribution in [0.1, 0.15) is 64.2 Å². The van der Waals surface area contributed by atoms with Crippen molar-refractivity contribution >= 4 is 17.8 Å². The summed E-state index contributed by atoms with van der Waals surface area (Å²) in [6.45, 7) is 0. The fraction of sp³-hybridized carbons (Fsp3) is 0.786. The van der Waals surface area contributed by atoms with Crippen molar-refractivity contribution < 1.29 is 24.3 Å². The largest absolute Gasteiger partial charge is 0.389 e. The first-order valence-corrected chi connectivity index (χ1v) is 7.29. The second kappa shape index (κ2) is 6.35. The molecule has 2 aliphatic rings. The van der Waals surface area contributed by atoms with E-state index < -0.39 is 23.4 Å². The molecule has 2 fully saturated rings. The molecule has 1 saturated heterocycles. The minimum absolute atomic E-state index is 0.0797. The van der Waals surface area contributed by atoms with E-state index in [1.807, 2.05) is 0 Å². The molecule has 0 aromatic rings. The lowest BCUT2D eigenvalue weighted by Crippen LogP contribution is -2.37. The van der Waals surface area contributed by atoms with Crippen molar-refractivity contribution in [1.82, 2.24) is 5.06 Å². The van der Waals surface area contributed by atoms with Gasteiger partial charge in [-0.2, -0.15) is 0 Å². The lowest BCUT2D eigenvalue weighted by molar-refractivity contribution is -0.200. The summed E-state index contributed by atoms with van der Waals surface area (Å²) in [6.07, 6.45) is 6.15. The molecule has 6 heteroatoms. The predicted molar refractivity (Wildman–Crippen MR) is 69.1 cm³/mol. The van der Waals surface area contributed by atoms with E-state index >= 15 is 0 Å². The zero-order valence-corrected chi connectivity index (χ0v) is 11.6. The minimum atomic E-state index is -1.07. The third kappa shape index (κ3) is 3.79. The highest BCUT2D eigenvalue weighted by Gasteiger charge is 2.36. The van der Waals surface area contributed by atoms with E-state index in [-0.39, 0.29) is 19.3 Å².